The number of nitrogens with zero attached hydrogens (tertiary/aromatic N) is 3. The second-order valence-electron chi connectivity index (χ2n) is 8.47. The second kappa shape index (κ2) is 8.28. The maximum Gasteiger partial charge on any atom is 0.123 e. The van der Waals surface area contributed by atoms with Gasteiger partial charge in [-0.25, -0.2) is 4.39 Å². The third kappa shape index (κ3) is 3.96. The number of hydrogen-bond acceptors (Lipinski definition) is 4. The lowest BCUT2D eigenvalue weighted by molar-refractivity contribution is 0.0488. The Morgan fingerprint density at radius 2 is 1.83 bits per heavy atom. The fourth-order valence-corrected chi connectivity index (χ4v) is 4.96. The lowest BCUT2D eigenvalue weighted by Gasteiger charge is -2.35. The molecule has 2 aromatic rings. The average molecular weight is 397 g/mol. The molecule has 3 aliphatic heterocycles. The van der Waals surface area contributed by atoms with E-state index in [2.05, 4.69) is 26.0 Å². The molecule has 2 fully saturated rings. The highest BCUT2D eigenvalue weighted by Crippen LogP contribution is 2.38. The van der Waals surface area contributed by atoms with Crippen LogP contribution in [0.15, 0.2) is 35.5 Å². The van der Waals surface area contributed by atoms with Crippen LogP contribution in [-0.4, -0.2) is 55.2 Å². The van der Waals surface area contributed by atoms with Crippen LogP contribution in [0.4, 0.5) is 10.1 Å². The highest BCUT2D eigenvalue weighted by Gasteiger charge is 2.28. The van der Waals surface area contributed by atoms with Gasteiger partial charge in [0.15, 0.2) is 0 Å². The van der Waals surface area contributed by atoms with Gasteiger partial charge in [0, 0.05) is 37.9 Å². The highest BCUT2D eigenvalue weighted by molar-refractivity contribution is 5.90. The smallest absolute Gasteiger partial charge is 0.123 e. The molecule has 0 amide bonds. The standard InChI is InChI=1S/C23H29FN4O/c24-19-1-3-20(4-2-19)28-15-21(23-22(28)13-25-16-26-23)18-5-9-27(10-6-18)14-17-7-11-29-12-8-17/h1-4,13,15,17-18,26H,5-12,14,16H2. The molecule has 5 rings (SSSR count). The minimum absolute atomic E-state index is 0.210. The van der Waals surface area contributed by atoms with E-state index in [4.69, 9.17) is 4.74 Å². The summed E-state index contributed by atoms with van der Waals surface area (Å²) < 4.78 is 21.0. The highest BCUT2D eigenvalue weighted by atomic mass is 19.1. The molecule has 29 heavy (non-hydrogen) atoms. The van der Waals surface area contributed by atoms with Crippen LogP contribution in [0.1, 0.15) is 42.9 Å². The summed E-state index contributed by atoms with van der Waals surface area (Å²) in [5.74, 6) is 1.14. The van der Waals surface area contributed by atoms with Gasteiger partial charge in [0.05, 0.1) is 11.4 Å². The van der Waals surface area contributed by atoms with Gasteiger partial charge in [0.25, 0.3) is 0 Å². The molecular weight excluding hydrogens is 367 g/mol. The van der Waals surface area contributed by atoms with E-state index in [1.807, 2.05) is 18.3 Å². The van der Waals surface area contributed by atoms with Crippen LogP contribution in [0.3, 0.4) is 0 Å². The molecule has 2 saturated heterocycles. The number of anilines is 1. The predicted molar refractivity (Wildman–Crippen MR) is 114 cm³/mol. The number of ether oxygens (including phenoxy) is 1. The summed E-state index contributed by atoms with van der Waals surface area (Å²) in [6.45, 7) is 6.01. The number of aromatic nitrogens is 1. The molecule has 154 valence electrons. The van der Waals surface area contributed by atoms with Crippen LogP contribution in [0, 0.1) is 11.7 Å². The maximum atomic E-state index is 13.4. The lowest BCUT2D eigenvalue weighted by Crippen LogP contribution is -2.38. The van der Waals surface area contributed by atoms with Crippen LogP contribution >= 0.6 is 0 Å². The summed E-state index contributed by atoms with van der Waals surface area (Å²) in [5, 5.41) is 3.49. The Morgan fingerprint density at radius 1 is 1.07 bits per heavy atom. The topological polar surface area (TPSA) is 41.8 Å². The molecule has 1 N–H and O–H groups in total. The van der Waals surface area contributed by atoms with Gasteiger partial charge >= 0.3 is 0 Å². The van der Waals surface area contributed by atoms with Gasteiger partial charge in [-0.3, -0.25) is 4.99 Å². The normalized spacial score (nSPS) is 21.1. The van der Waals surface area contributed by atoms with Gasteiger partial charge in [-0.2, -0.15) is 0 Å². The first-order valence-corrected chi connectivity index (χ1v) is 10.8. The minimum atomic E-state index is -0.210. The number of halogens is 1. The Kier molecular flexibility index (Phi) is 5.38. The zero-order chi connectivity index (χ0) is 19.6. The molecule has 0 spiro atoms. The van der Waals surface area contributed by atoms with Gasteiger partial charge in [-0.1, -0.05) is 0 Å². The molecule has 5 nitrogen and oxygen atoms in total. The van der Waals surface area contributed by atoms with Gasteiger partial charge < -0.3 is 19.5 Å². The van der Waals surface area contributed by atoms with Gasteiger partial charge in [-0.05, 0) is 80.4 Å². The van der Waals surface area contributed by atoms with Gasteiger partial charge in [0.2, 0.25) is 0 Å². The Balaban J connectivity index is 1.32. The molecule has 0 aliphatic carbocycles. The molecule has 0 atom stereocenters. The molecule has 0 unspecified atom stereocenters. The first-order chi connectivity index (χ1) is 14.3. The number of likely N-dealkylation sites (tertiary alicyclic amines) is 1. The van der Waals surface area contributed by atoms with E-state index < -0.39 is 0 Å². The van der Waals surface area contributed by atoms with Crippen molar-refractivity contribution in [3.05, 3.63) is 47.5 Å². The van der Waals surface area contributed by atoms with E-state index in [0.717, 1.165) is 43.6 Å². The maximum absolute atomic E-state index is 13.4. The molecule has 0 radical (unpaired) electrons. The number of hydrogen-bond donors (Lipinski definition) is 1. The monoisotopic (exact) mass is 396 g/mol. The van der Waals surface area contributed by atoms with E-state index in [-0.39, 0.29) is 5.82 Å². The van der Waals surface area contributed by atoms with Gasteiger partial charge in [0.1, 0.15) is 12.5 Å². The summed E-state index contributed by atoms with van der Waals surface area (Å²) in [6, 6.07) is 6.70. The molecule has 4 heterocycles. The third-order valence-electron chi connectivity index (χ3n) is 6.62. The number of rotatable bonds is 4. The third-order valence-corrected chi connectivity index (χ3v) is 6.62. The first kappa shape index (κ1) is 18.8. The molecule has 1 aromatic carbocycles. The quantitative estimate of drug-likeness (QED) is 0.849. The van der Waals surface area contributed by atoms with E-state index >= 15 is 0 Å². The van der Waals surface area contributed by atoms with Crippen LogP contribution in [0.2, 0.25) is 0 Å². The Bertz CT molecular complexity index is 862. The van der Waals surface area contributed by atoms with E-state index in [0.29, 0.717) is 12.6 Å². The van der Waals surface area contributed by atoms with Crippen molar-refractivity contribution in [3.8, 4) is 5.69 Å². The SMILES string of the molecule is Fc1ccc(-n2cc(C3CCN(CC4CCOCC4)CC3)c3c2C=NCN3)cc1. The Labute approximate surface area is 171 Å². The van der Waals surface area contributed by atoms with E-state index in [1.165, 1.54) is 55.6 Å². The van der Waals surface area contributed by atoms with Crippen LogP contribution in [-0.2, 0) is 4.74 Å². The fraction of sp³-hybridized carbons (Fsp3) is 0.522. The molecular formula is C23H29FN4O. The Hall–Kier alpha value is -2.18. The number of fused-ring (bicyclic) bond motifs is 1. The van der Waals surface area contributed by atoms with Crippen molar-refractivity contribution in [1.82, 2.24) is 9.47 Å². The fourth-order valence-electron chi connectivity index (χ4n) is 4.96. The van der Waals surface area contributed by atoms with Crippen molar-refractivity contribution in [1.29, 1.82) is 0 Å². The summed E-state index contributed by atoms with van der Waals surface area (Å²) in [5.41, 5.74) is 4.62. The van der Waals surface area contributed by atoms with Crippen molar-refractivity contribution in [2.45, 2.75) is 31.6 Å². The lowest BCUT2D eigenvalue weighted by atomic mass is 9.89. The molecule has 0 saturated carbocycles. The van der Waals surface area contributed by atoms with E-state index in [1.54, 1.807) is 0 Å². The zero-order valence-corrected chi connectivity index (χ0v) is 16.8. The summed E-state index contributed by atoms with van der Waals surface area (Å²) >= 11 is 0. The van der Waals surface area contributed by atoms with Gasteiger partial charge in [-0.15, -0.1) is 0 Å². The predicted octanol–water partition coefficient (Wildman–Crippen LogP) is 4.02. The number of piperidine rings is 1. The Morgan fingerprint density at radius 3 is 2.59 bits per heavy atom. The molecule has 3 aliphatic rings. The number of benzene rings is 1. The first-order valence-electron chi connectivity index (χ1n) is 10.8. The van der Waals surface area contributed by atoms with Crippen LogP contribution < -0.4 is 5.32 Å². The van der Waals surface area contributed by atoms with E-state index in [9.17, 15) is 4.39 Å². The minimum Gasteiger partial charge on any atom is -0.381 e. The molecule has 1 aromatic heterocycles. The zero-order valence-electron chi connectivity index (χ0n) is 16.8. The molecule has 6 heteroatoms. The van der Waals surface area contributed by atoms with Crippen molar-refractivity contribution in [3.63, 3.8) is 0 Å². The van der Waals surface area contributed by atoms with Crippen molar-refractivity contribution >= 4 is 11.9 Å². The van der Waals surface area contributed by atoms with Crippen molar-refractivity contribution < 1.29 is 9.13 Å². The average Bonchev–Trinajstić information content (AvgIpc) is 3.15. The van der Waals surface area contributed by atoms with Crippen molar-refractivity contribution in [2.75, 3.05) is 44.8 Å². The summed E-state index contributed by atoms with van der Waals surface area (Å²) in [4.78, 5) is 7.05. The van der Waals surface area contributed by atoms with Crippen LogP contribution in [0.25, 0.3) is 5.69 Å². The number of aliphatic imine (C=N–C) groups is 1. The summed E-state index contributed by atoms with van der Waals surface area (Å²) in [7, 11) is 0. The summed E-state index contributed by atoms with van der Waals surface area (Å²) in [6.07, 6.45) is 8.96. The molecule has 0 bridgehead atoms. The van der Waals surface area contributed by atoms with Crippen LogP contribution in [0.5, 0.6) is 0 Å². The van der Waals surface area contributed by atoms with Crippen molar-refractivity contribution in [2.24, 2.45) is 10.9 Å². The largest absolute Gasteiger partial charge is 0.381 e. The second-order valence-corrected chi connectivity index (χ2v) is 8.47. The number of nitrogens with one attached hydrogen (secondary N) is 1.